The molecule has 1 atom stereocenters. The van der Waals surface area contributed by atoms with Crippen molar-refractivity contribution >= 4 is 15.7 Å². The van der Waals surface area contributed by atoms with Crippen LogP contribution in [0, 0.1) is 5.92 Å². The van der Waals surface area contributed by atoms with Gasteiger partial charge in [0.1, 0.15) is 0 Å². The summed E-state index contributed by atoms with van der Waals surface area (Å²) in [5, 5.41) is 0. The quantitative estimate of drug-likeness (QED) is 0.788. The first-order valence-corrected chi connectivity index (χ1v) is 7.30. The molecule has 0 aliphatic carbocycles. The molecule has 1 unspecified atom stereocenters. The van der Waals surface area contributed by atoms with Crippen LogP contribution in [0.5, 0.6) is 0 Å². The number of nitrogens with one attached hydrogen (secondary N) is 1. The van der Waals surface area contributed by atoms with E-state index in [9.17, 15) is 8.42 Å². The van der Waals surface area contributed by atoms with Crippen LogP contribution in [0.4, 0.5) is 5.69 Å². The highest BCUT2D eigenvalue weighted by Gasteiger charge is 2.18. The van der Waals surface area contributed by atoms with E-state index in [2.05, 4.69) is 4.72 Å². The Morgan fingerprint density at radius 3 is 2.35 bits per heavy atom. The maximum atomic E-state index is 11.9. The van der Waals surface area contributed by atoms with Gasteiger partial charge in [-0.3, -0.25) is 0 Å². The van der Waals surface area contributed by atoms with Crippen molar-refractivity contribution in [1.82, 2.24) is 4.72 Å². The van der Waals surface area contributed by atoms with Gasteiger partial charge in [0.15, 0.2) is 0 Å². The summed E-state index contributed by atoms with van der Waals surface area (Å²) in [6.45, 7) is 5.81. The van der Waals surface area contributed by atoms with Crippen LogP contribution in [-0.2, 0) is 15.8 Å². The van der Waals surface area contributed by atoms with Gasteiger partial charge in [0, 0.05) is 11.7 Å². The van der Waals surface area contributed by atoms with Crippen LogP contribution in [0.2, 0.25) is 0 Å². The van der Waals surface area contributed by atoms with Crippen molar-refractivity contribution in [1.29, 1.82) is 0 Å². The second-order valence-corrected chi connectivity index (χ2v) is 6.36. The minimum Gasteiger partial charge on any atom is -0.398 e. The number of benzene rings is 1. The first-order chi connectivity index (χ1) is 7.82. The zero-order valence-corrected chi connectivity index (χ0v) is 11.3. The van der Waals surface area contributed by atoms with Gasteiger partial charge in [-0.05, 0) is 24.5 Å². The predicted molar refractivity (Wildman–Crippen MR) is 70.9 cm³/mol. The molecule has 17 heavy (non-hydrogen) atoms. The molecule has 1 aromatic rings. The molecule has 0 aliphatic heterocycles. The smallest absolute Gasteiger partial charge is 0.216 e. The van der Waals surface area contributed by atoms with E-state index in [-0.39, 0.29) is 17.7 Å². The molecule has 0 radical (unpaired) electrons. The lowest BCUT2D eigenvalue weighted by molar-refractivity contribution is 0.476. The Balaban J connectivity index is 2.77. The summed E-state index contributed by atoms with van der Waals surface area (Å²) in [6.07, 6.45) is 0. The highest BCUT2D eigenvalue weighted by molar-refractivity contribution is 7.88. The summed E-state index contributed by atoms with van der Waals surface area (Å²) in [4.78, 5) is 0. The third kappa shape index (κ3) is 4.36. The van der Waals surface area contributed by atoms with Crippen molar-refractivity contribution in [2.75, 3.05) is 5.73 Å². The Labute approximate surface area is 103 Å². The van der Waals surface area contributed by atoms with E-state index in [0.29, 0.717) is 11.3 Å². The number of anilines is 1. The molecule has 0 spiro atoms. The molecule has 1 rings (SSSR count). The molecule has 0 saturated heterocycles. The molecule has 5 heteroatoms. The van der Waals surface area contributed by atoms with Crippen molar-refractivity contribution in [3.05, 3.63) is 29.8 Å². The lowest BCUT2D eigenvalue weighted by Crippen LogP contribution is -2.36. The zero-order chi connectivity index (χ0) is 13.1. The van der Waals surface area contributed by atoms with E-state index < -0.39 is 10.0 Å². The van der Waals surface area contributed by atoms with Crippen molar-refractivity contribution in [2.45, 2.75) is 32.6 Å². The monoisotopic (exact) mass is 256 g/mol. The van der Waals surface area contributed by atoms with Crippen LogP contribution in [-0.4, -0.2) is 14.5 Å². The van der Waals surface area contributed by atoms with Gasteiger partial charge in [0.2, 0.25) is 10.0 Å². The summed E-state index contributed by atoms with van der Waals surface area (Å²) in [5.41, 5.74) is 6.87. The average Bonchev–Trinajstić information content (AvgIpc) is 2.20. The molecule has 0 heterocycles. The summed E-state index contributed by atoms with van der Waals surface area (Å²) >= 11 is 0. The summed E-state index contributed by atoms with van der Waals surface area (Å²) in [6, 6.07) is 6.93. The molecule has 4 nitrogen and oxygen atoms in total. The van der Waals surface area contributed by atoms with E-state index in [1.807, 2.05) is 20.8 Å². The van der Waals surface area contributed by atoms with Gasteiger partial charge in [0.05, 0.1) is 5.75 Å². The fourth-order valence-electron chi connectivity index (χ4n) is 1.33. The van der Waals surface area contributed by atoms with Gasteiger partial charge in [-0.15, -0.1) is 0 Å². The van der Waals surface area contributed by atoms with Crippen LogP contribution in [0.3, 0.4) is 0 Å². The van der Waals surface area contributed by atoms with E-state index in [0.717, 1.165) is 0 Å². The Morgan fingerprint density at radius 1 is 1.24 bits per heavy atom. The third-order valence-corrected chi connectivity index (χ3v) is 4.19. The predicted octanol–water partition coefficient (Wildman–Crippen LogP) is 1.73. The standard InChI is InChI=1S/C12H20N2O2S/c1-9(2)10(3)14-17(15,16)8-11-6-4-5-7-12(11)13/h4-7,9-10,14H,8,13H2,1-3H3. The van der Waals surface area contributed by atoms with Gasteiger partial charge in [0.25, 0.3) is 0 Å². The maximum Gasteiger partial charge on any atom is 0.216 e. The maximum absolute atomic E-state index is 11.9. The Hall–Kier alpha value is -1.07. The van der Waals surface area contributed by atoms with E-state index in [4.69, 9.17) is 5.73 Å². The SMILES string of the molecule is CC(C)C(C)NS(=O)(=O)Cc1ccccc1N. The number of para-hydroxylation sites is 1. The average molecular weight is 256 g/mol. The molecule has 96 valence electrons. The second kappa shape index (κ2) is 5.51. The third-order valence-electron chi connectivity index (χ3n) is 2.77. The molecule has 0 saturated carbocycles. The Morgan fingerprint density at radius 2 is 1.82 bits per heavy atom. The molecule has 0 amide bonds. The second-order valence-electron chi connectivity index (χ2n) is 4.61. The molecular weight excluding hydrogens is 236 g/mol. The fourth-order valence-corrected chi connectivity index (χ4v) is 2.93. The minimum atomic E-state index is -3.33. The lowest BCUT2D eigenvalue weighted by atomic mass is 10.1. The van der Waals surface area contributed by atoms with Crippen LogP contribution < -0.4 is 10.5 Å². The van der Waals surface area contributed by atoms with Crippen LogP contribution in [0.15, 0.2) is 24.3 Å². The van der Waals surface area contributed by atoms with Gasteiger partial charge < -0.3 is 5.73 Å². The number of hydrogen-bond acceptors (Lipinski definition) is 3. The number of rotatable bonds is 5. The highest BCUT2D eigenvalue weighted by atomic mass is 32.2. The molecule has 0 aromatic heterocycles. The topological polar surface area (TPSA) is 72.2 Å². The first kappa shape index (κ1) is 14.0. The van der Waals surface area contributed by atoms with Gasteiger partial charge in [-0.1, -0.05) is 32.0 Å². The van der Waals surface area contributed by atoms with Crippen LogP contribution in [0.25, 0.3) is 0 Å². The normalized spacial score (nSPS) is 13.9. The highest BCUT2D eigenvalue weighted by Crippen LogP contribution is 2.14. The Kier molecular flexibility index (Phi) is 4.54. The largest absolute Gasteiger partial charge is 0.398 e. The van der Waals surface area contributed by atoms with Gasteiger partial charge in [-0.2, -0.15) is 0 Å². The number of nitrogens with two attached hydrogens (primary N) is 1. The van der Waals surface area contributed by atoms with Gasteiger partial charge >= 0.3 is 0 Å². The van der Waals surface area contributed by atoms with E-state index >= 15 is 0 Å². The fraction of sp³-hybridized carbons (Fsp3) is 0.500. The lowest BCUT2D eigenvalue weighted by Gasteiger charge is -2.17. The zero-order valence-electron chi connectivity index (χ0n) is 10.5. The molecular formula is C12H20N2O2S. The van der Waals surface area contributed by atoms with Crippen LogP contribution >= 0.6 is 0 Å². The Bertz CT molecular complexity index is 469. The van der Waals surface area contributed by atoms with Crippen molar-refractivity contribution < 1.29 is 8.42 Å². The number of nitrogen functional groups attached to an aromatic ring is 1. The minimum absolute atomic E-state index is 0.0727. The molecule has 0 bridgehead atoms. The van der Waals surface area contributed by atoms with Gasteiger partial charge in [-0.25, -0.2) is 13.1 Å². The summed E-state index contributed by atoms with van der Waals surface area (Å²) < 4.78 is 26.4. The number of hydrogen-bond donors (Lipinski definition) is 2. The molecule has 0 aliphatic rings. The summed E-state index contributed by atoms with van der Waals surface area (Å²) in [7, 11) is -3.33. The first-order valence-electron chi connectivity index (χ1n) is 5.65. The van der Waals surface area contributed by atoms with E-state index in [1.165, 1.54) is 0 Å². The van der Waals surface area contributed by atoms with E-state index in [1.54, 1.807) is 24.3 Å². The number of sulfonamides is 1. The van der Waals surface area contributed by atoms with Crippen molar-refractivity contribution in [3.8, 4) is 0 Å². The van der Waals surface area contributed by atoms with Crippen molar-refractivity contribution in [3.63, 3.8) is 0 Å². The molecule has 1 aromatic carbocycles. The molecule has 3 N–H and O–H groups in total. The van der Waals surface area contributed by atoms with Crippen LogP contribution in [0.1, 0.15) is 26.3 Å². The molecule has 0 fully saturated rings. The summed E-state index contributed by atoms with van der Waals surface area (Å²) in [5.74, 6) is 0.189. The van der Waals surface area contributed by atoms with Crippen molar-refractivity contribution in [2.24, 2.45) is 5.92 Å².